The third-order valence-corrected chi connectivity index (χ3v) is 5.79. The van der Waals surface area contributed by atoms with Gasteiger partial charge in [-0.05, 0) is 54.8 Å². The number of aryl methyl sites for hydroxylation is 2. The number of methoxy groups -OCH3 is 1. The molecule has 0 fully saturated rings. The summed E-state index contributed by atoms with van der Waals surface area (Å²) in [7, 11) is 1.53. The van der Waals surface area contributed by atoms with Crippen LogP contribution in [0.25, 0.3) is 6.08 Å². The largest absolute Gasteiger partial charge is 0.493 e. The molecule has 3 aromatic rings. The number of ether oxygens (including phenoxy) is 3. The van der Waals surface area contributed by atoms with Crippen molar-refractivity contribution in [2.24, 2.45) is 0 Å². The molecule has 0 spiro atoms. The number of aromatic nitrogens is 2. The minimum atomic E-state index is -0.543. The van der Waals surface area contributed by atoms with Gasteiger partial charge in [0, 0.05) is 6.42 Å². The number of nitrogens with zero attached hydrogens (tertiary/aromatic N) is 3. The van der Waals surface area contributed by atoms with Gasteiger partial charge >= 0.3 is 0 Å². The van der Waals surface area contributed by atoms with Crippen molar-refractivity contribution < 1.29 is 19.0 Å². The Bertz CT molecular complexity index is 1220. The average molecular weight is 493 g/mol. The predicted octanol–water partition coefficient (Wildman–Crippen LogP) is 5.20. The Hall–Kier alpha value is -3.90. The summed E-state index contributed by atoms with van der Waals surface area (Å²) < 4.78 is 16.9. The molecule has 35 heavy (non-hydrogen) atoms. The molecule has 0 bridgehead atoms. The quantitative estimate of drug-likeness (QED) is 0.210. The van der Waals surface area contributed by atoms with Gasteiger partial charge < -0.3 is 14.2 Å². The maximum absolute atomic E-state index is 12.6. The molecule has 3 rings (SSSR count). The molecule has 1 heterocycles. The smallest absolute Gasteiger partial charge is 0.268 e. The molecular formula is C26H28N4O4S. The van der Waals surface area contributed by atoms with Crippen LogP contribution < -0.4 is 19.5 Å². The van der Waals surface area contributed by atoms with Crippen molar-refractivity contribution in [2.45, 2.75) is 33.1 Å². The van der Waals surface area contributed by atoms with Crippen molar-refractivity contribution in [3.8, 4) is 23.3 Å². The van der Waals surface area contributed by atoms with Gasteiger partial charge in [-0.3, -0.25) is 10.1 Å². The highest BCUT2D eigenvalue weighted by molar-refractivity contribution is 7.15. The summed E-state index contributed by atoms with van der Waals surface area (Å²) in [5, 5.41) is 21.4. The van der Waals surface area contributed by atoms with Crippen molar-refractivity contribution in [2.75, 3.05) is 25.6 Å². The molecule has 0 atom stereocenters. The highest BCUT2D eigenvalue weighted by Gasteiger charge is 2.14. The highest BCUT2D eigenvalue weighted by atomic mass is 32.1. The molecule has 0 aliphatic carbocycles. The van der Waals surface area contributed by atoms with E-state index in [4.69, 9.17) is 14.2 Å². The van der Waals surface area contributed by atoms with Gasteiger partial charge in [-0.1, -0.05) is 42.9 Å². The van der Waals surface area contributed by atoms with Crippen LogP contribution in [-0.2, 0) is 11.2 Å². The van der Waals surface area contributed by atoms with Crippen LogP contribution in [0, 0.1) is 18.3 Å². The Morgan fingerprint density at radius 1 is 1.14 bits per heavy atom. The lowest BCUT2D eigenvalue weighted by atomic mass is 10.1. The number of benzene rings is 2. The lowest BCUT2D eigenvalue weighted by Crippen LogP contribution is -2.13. The van der Waals surface area contributed by atoms with E-state index in [1.165, 1.54) is 24.5 Å². The Balaban J connectivity index is 1.60. The number of hydrogen-bond donors (Lipinski definition) is 1. The van der Waals surface area contributed by atoms with Gasteiger partial charge in [-0.2, -0.15) is 5.26 Å². The van der Waals surface area contributed by atoms with Gasteiger partial charge in [0.25, 0.3) is 5.91 Å². The zero-order valence-corrected chi connectivity index (χ0v) is 20.9. The lowest BCUT2D eigenvalue weighted by Gasteiger charge is -2.12. The second-order valence-electron chi connectivity index (χ2n) is 7.65. The summed E-state index contributed by atoms with van der Waals surface area (Å²) in [6.45, 7) is 4.81. The van der Waals surface area contributed by atoms with Gasteiger partial charge in [0.15, 0.2) is 11.5 Å². The number of rotatable bonds is 12. The van der Waals surface area contributed by atoms with Crippen LogP contribution in [0.3, 0.4) is 0 Å². The van der Waals surface area contributed by atoms with Crippen molar-refractivity contribution in [3.05, 3.63) is 64.2 Å². The molecule has 1 aromatic heterocycles. The van der Waals surface area contributed by atoms with Crippen LogP contribution in [-0.4, -0.2) is 36.4 Å². The summed E-state index contributed by atoms with van der Waals surface area (Å²) in [5.74, 6) is 1.26. The monoisotopic (exact) mass is 492 g/mol. The van der Waals surface area contributed by atoms with Gasteiger partial charge in [0.2, 0.25) is 5.13 Å². The first-order chi connectivity index (χ1) is 17.0. The van der Waals surface area contributed by atoms with E-state index in [1.807, 2.05) is 37.3 Å². The van der Waals surface area contributed by atoms with Crippen LogP contribution in [0.2, 0.25) is 0 Å². The summed E-state index contributed by atoms with van der Waals surface area (Å²) in [6.07, 6.45) is 4.36. The van der Waals surface area contributed by atoms with E-state index in [0.717, 1.165) is 35.6 Å². The second-order valence-corrected chi connectivity index (χ2v) is 8.71. The van der Waals surface area contributed by atoms with E-state index in [0.29, 0.717) is 35.4 Å². The summed E-state index contributed by atoms with van der Waals surface area (Å²) in [6, 6.07) is 14.9. The van der Waals surface area contributed by atoms with E-state index < -0.39 is 5.91 Å². The molecule has 2 aromatic carbocycles. The number of carbonyl (C=O) groups excluding carboxylic acids is 1. The zero-order chi connectivity index (χ0) is 25.0. The Morgan fingerprint density at radius 3 is 2.71 bits per heavy atom. The normalized spacial score (nSPS) is 11.0. The molecule has 0 unspecified atom stereocenters. The van der Waals surface area contributed by atoms with Crippen LogP contribution in [0.15, 0.2) is 48.0 Å². The van der Waals surface area contributed by atoms with E-state index in [2.05, 4.69) is 22.4 Å². The third-order valence-electron chi connectivity index (χ3n) is 4.89. The number of carbonyl (C=O) groups is 1. The fourth-order valence-electron chi connectivity index (χ4n) is 3.12. The molecule has 8 nitrogen and oxygen atoms in total. The topological polar surface area (TPSA) is 106 Å². The predicted molar refractivity (Wildman–Crippen MR) is 136 cm³/mol. The van der Waals surface area contributed by atoms with E-state index in [-0.39, 0.29) is 5.57 Å². The molecule has 0 aliphatic heterocycles. The lowest BCUT2D eigenvalue weighted by molar-refractivity contribution is -0.112. The summed E-state index contributed by atoms with van der Waals surface area (Å²) in [4.78, 5) is 12.6. The minimum absolute atomic E-state index is 0.0578. The fraction of sp³-hybridized carbons (Fsp3) is 0.308. The number of nitrogens with one attached hydrogen (secondary N) is 1. The van der Waals surface area contributed by atoms with Gasteiger partial charge in [-0.25, -0.2) is 0 Å². The molecule has 1 N–H and O–H groups in total. The Labute approximate surface area is 209 Å². The second kappa shape index (κ2) is 13.1. The summed E-state index contributed by atoms with van der Waals surface area (Å²) >= 11 is 1.31. The molecule has 1 amide bonds. The SMILES string of the molecule is CCCCc1nnc(NC(=O)/C(C#N)=C\c2ccc(OCCOc3cccc(C)c3)c(OC)c2)s1. The van der Waals surface area contributed by atoms with Gasteiger partial charge in [-0.15, -0.1) is 10.2 Å². The summed E-state index contributed by atoms with van der Waals surface area (Å²) in [5.41, 5.74) is 1.69. The Kier molecular flexibility index (Phi) is 9.63. The number of amides is 1. The van der Waals surface area contributed by atoms with Crippen LogP contribution >= 0.6 is 11.3 Å². The number of unbranched alkanes of at least 4 members (excludes halogenated alkanes) is 1. The maximum Gasteiger partial charge on any atom is 0.268 e. The Morgan fingerprint density at radius 2 is 1.97 bits per heavy atom. The van der Waals surface area contributed by atoms with Crippen LogP contribution in [0.4, 0.5) is 5.13 Å². The average Bonchev–Trinajstić information content (AvgIpc) is 3.31. The molecule has 0 saturated carbocycles. The first-order valence-corrected chi connectivity index (χ1v) is 12.1. The minimum Gasteiger partial charge on any atom is -0.493 e. The van der Waals surface area contributed by atoms with Crippen molar-refractivity contribution >= 4 is 28.5 Å². The first-order valence-electron chi connectivity index (χ1n) is 11.3. The highest BCUT2D eigenvalue weighted by Crippen LogP contribution is 2.29. The van der Waals surface area contributed by atoms with Crippen molar-refractivity contribution in [1.29, 1.82) is 5.26 Å². The van der Waals surface area contributed by atoms with Crippen molar-refractivity contribution in [3.63, 3.8) is 0 Å². The van der Waals surface area contributed by atoms with Gasteiger partial charge in [0.05, 0.1) is 7.11 Å². The van der Waals surface area contributed by atoms with E-state index >= 15 is 0 Å². The molecule has 0 radical (unpaired) electrons. The molecular weight excluding hydrogens is 464 g/mol. The van der Waals surface area contributed by atoms with Gasteiger partial charge in [0.1, 0.15) is 35.6 Å². The standard InChI is InChI=1S/C26H28N4O4S/c1-4-5-9-24-29-30-26(35-24)28-25(31)20(17-27)15-19-10-11-22(23(16-19)32-3)34-13-12-33-21-8-6-7-18(2)14-21/h6-8,10-11,14-16H,4-5,9,12-13H2,1-3H3,(H,28,30,31)/b20-15-. The zero-order valence-electron chi connectivity index (χ0n) is 20.0. The van der Waals surface area contributed by atoms with Crippen molar-refractivity contribution in [1.82, 2.24) is 10.2 Å². The molecule has 9 heteroatoms. The third kappa shape index (κ3) is 7.83. The number of hydrogen-bond acceptors (Lipinski definition) is 8. The number of nitriles is 1. The van der Waals surface area contributed by atoms with Crippen LogP contribution in [0.1, 0.15) is 35.9 Å². The first kappa shape index (κ1) is 25.7. The fourth-order valence-corrected chi connectivity index (χ4v) is 3.90. The van der Waals surface area contributed by atoms with E-state index in [9.17, 15) is 10.1 Å². The molecule has 182 valence electrons. The van der Waals surface area contributed by atoms with Crippen LogP contribution in [0.5, 0.6) is 17.2 Å². The number of anilines is 1. The molecule has 0 aliphatic rings. The van der Waals surface area contributed by atoms with E-state index in [1.54, 1.807) is 18.2 Å². The molecule has 0 saturated heterocycles. The maximum atomic E-state index is 12.6.